The molecule has 2 bridgehead atoms. The van der Waals surface area contributed by atoms with Gasteiger partial charge in [-0.05, 0) is 51.9 Å². The molecule has 0 N–H and O–H groups in total. The van der Waals surface area contributed by atoms with Gasteiger partial charge < -0.3 is 14.2 Å². The maximum absolute atomic E-state index is 6.35. The van der Waals surface area contributed by atoms with E-state index in [1.165, 1.54) is 6.42 Å². The molecule has 5 aliphatic rings. The molecule has 8 atom stereocenters. The molecule has 5 nitrogen and oxygen atoms in total. The summed E-state index contributed by atoms with van der Waals surface area (Å²) >= 11 is 0. The zero-order valence-electron chi connectivity index (χ0n) is 15.9. The first-order valence-corrected chi connectivity index (χ1v) is 9.56. The summed E-state index contributed by atoms with van der Waals surface area (Å²) in [5.74, 6) is 3.26. The quantitative estimate of drug-likeness (QED) is 0.562. The molecule has 140 valence electrons. The molecule has 4 aliphatic heterocycles. The minimum absolute atomic E-state index is 0.147. The van der Waals surface area contributed by atoms with Crippen LogP contribution in [0.2, 0.25) is 0 Å². The number of fused-ring (bicyclic) bond motifs is 2. The summed E-state index contributed by atoms with van der Waals surface area (Å²) in [4.78, 5) is 11.9. The average molecular weight is 350 g/mol. The molecule has 0 amide bonds. The molecule has 1 spiro atoms. The topological polar surface area (TPSA) is 46.2 Å². The van der Waals surface area contributed by atoms with Gasteiger partial charge in [0.25, 0.3) is 0 Å². The Morgan fingerprint density at radius 2 is 1.88 bits per heavy atom. The third-order valence-electron chi connectivity index (χ3n) is 6.86. The van der Waals surface area contributed by atoms with E-state index >= 15 is 0 Å². The molecular formula is C20H30O5. The molecule has 4 saturated heterocycles. The number of ether oxygens (including phenoxy) is 3. The first kappa shape index (κ1) is 17.8. The van der Waals surface area contributed by atoms with Crippen LogP contribution in [0.5, 0.6) is 0 Å². The number of hydrogen-bond donors (Lipinski definition) is 0. The normalized spacial score (nSPS) is 52.2. The van der Waals surface area contributed by atoms with Crippen LogP contribution in [0.15, 0.2) is 0 Å². The van der Waals surface area contributed by atoms with E-state index in [9.17, 15) is 0 Å². The molecule has 4 heterocycles. The zero-order chi connectivity index (χ0) is 18.0. The maximum Gasteiger partial charge on any atom is 0.201 e. The van der Waals surface area contributed by atoms with Crippen molar-refractivity contribution in [3.63, 3.8) is 0 Å². The van der Waals surface area contributed by atoms with Crippen LogP contribution in [-0.4, -0.2) is 29.6 Å². The van der Waals surface area contributed by atoms with Crippen LogP contribution >= 0.6 is 0 Å². The van der Waals surface area contributed by atoms with Crippen molar-refractivity contribution >= 4 is 0 Å². The monoisotopic (exact) mass is 350 g/mol. The largest absolute Gasteiger partial charge is 0.334 e. The molecule has 25 heavy (non-hydrogen) atoms. The first-order valence-electron chi connectivity index (χ1n) is 9.56. The van der Waals surface area contributed by atoms with Crippen molar-refractivity contribution in [3.05, 3.63) is 0 Å². The Balaban J connectivity index is 1.71. The van der Waals surface area contributed by atoms with Crippen molar-refractivity contribution in [1.82, 2.24) is 0 Å². The third kappa shape index (κ3) is 2.57. The van der Waals surface area contributed by atoms with Crippen molar-refractivity contribution in [2.75, 3.05) is 0 Å². The smallest absolute Gasteiger partial charge is 0.201 e. The van der Waals surface area contributed by atoms with Gasteiger partial charge in [0.1, 0.15) is 5.60 Å². The van der Waals surface area contributed by atoms with Crippen molar-refractivity contribution in [2.24, 2.45) is 23.7 Å². The van der Waals surface area contributed by atoms with Crippen LogP contribution in [0.3, 0.4) is 0 Å². The zero-order valence-corrected chi connectivity index (χ0v) is 15.9. The first-order chi connectivity index (χ1) is 11.7. The maximum atomic E-state index is 6.35. The van der Waals surface area contributed by atoms with E-state index in [0.717, 1.165) is 19.3 Å². The second-order valence-corrected chi connectivity index (χ2v) is 9.05. The van der Waals surface area contributed by atoms with Crippen LogP contribution < -0.4 is 0 Å². The van der Waals surface area contributed by atoms with Gasteiger partial charge in [-0.2, -0.15) is 0 Å². The lowest BCUT2D eigenvalue weighted by atomic mass is 9.58. The second kappa shape index (κ2) is 5.68. The third-order valence-corrected chi connectivity index (χ3v) is 6.86. The molecule has 0 radical (unpaired) electrons. The lowest BCUT2D eigenvalue weighted by molar-refractivity contribution is -0.578. The molecule has 0 aromatic heterocycles. The molecule has 5 heteroatoms. The highest BCUT2D eigenvalue weighted by molar-refractivity contribution is 5.10. The molecule has 0 aromatic rings. The van der Waals surface area contributed by atoms with Gasteiger partial charge in [0, 0.05) is 18.3 Å². The fourth-order valence-corrected chi connectivity index (χ4v) is 5.33. The second-order valence-electron chi connectivity index (χ2n) is 9.05. The van der Waals surface area contributed by atoms with Crippen molar-refractivity contribution < 1.29 is 24.0 Å². The summed E-state index contributed by atoms with van der Waals surface area (Å²) in [6.45, 7) is 10.2. The SMILES string of the molecule is C#CC(C)(C)O[C@H]1OC2O[C@]3(C)CCC4[C@H](C)CCC([C@H]1C)[C@@]24OO3. The van der Waals surface area contributed by atoms with E-state index < -0.39 is 29.6 Å². The lowest BCUT2D eigenvalue weighted by Gasteiger charge is -2.60. The van der Waals surface area contributed by atoms with E-state index in [-0.39, 0.29) is 11.8 Å². The van der Waals surface area contributed by atoms with Gasteiger partial charge in [-0.3, -0.25) is 0 Å². The Bertz CT molecular complexity index is 583. The van der Waals surface area contributed by atoms with Crippen LogP contribution in [0.1, 0.15) is 60.3 Å². The van der Waals surface area contributed by atoms with Crippen LogP contribution in [-0.2, 0) is 24.0 Å². The van der Waals surface area contributed by atoms with Gasteiger partial charge in [0.2, 0.25) is 5.79 Å². The van der Waals surface area contributed by atoms with Gasteiger partial charge in [0.05, 0.1) is 0 Å². The molecular weight excluding hydrogens is 320 g/mol. The molecule has 3 unspecified atom stereocenters. The highest BCUT2D eigenvalue weighted by Gasteiger charge is 2.69. The van der Waals surface area contributed by atoms with Crippen LogP contribution in [0.25, 0.3) is 0 Å². The van der Waals surface area contributed by atoms with Crippen molar-refractivity contribution in [3.8, 4) is 12.3 Å². The summed E-state index contributed by atoms with van der Waals surface area (Å²) in [6.07, 6.45) is 8.80. The Hall–Kier alpha value is -0.640. The van der Waals surface area contributed by atoms with Crippen molar-refractivity contribution in [2.45, 2.75) is 89.9 Å². The average Bonchev–Trinajstić information content (AvgIpc) is 2.78. The Morgan fingerprint density at radius 3 is 2.60 bits per heavy atom. The molecule has 1 aliphatic carbocycles. The molecule has 1 saturated carbocycles. The van der Waals surface area contributed by atoms with Crippen LogP contribution in [0.4, 0.5) is 0 Å². The highest BCUT2D eigenvalue weighted by Crippen LogP contribution is 2.60. The van der Waals surface area contributed by atoms with Gasteiger partial charge >= 0.3 is 0 Å². The van der Waals surface area contributed by atoms with Gasteiger partial charge in [-0.15, -0.1) is 6.42 Å². The fraction of sp³-hybridized carbons (Fsp3) is 0.900. The number of terminal acetylenes is 1. The Labute approximate surface area is 150 Å². The van der Waals surface area contributed by atoms with E-state index in [0.29, 0.717) is 11.8 Å². The minimum Gasteiger partial charge on any atom is -0.334 e. The van der Waals surface area contributed by atoms with E-state index in [1.54, 1.807) is 0 Å². The molecule has 5 rings (SSSR count). The predicted octanol–water partition coefficient (Wildman–Crippen LogP) is 3.62. The standard InChI is InChI=1S/C20H30O5/c1-7-18(4,5)22-16-13(3)15-9-8-12(2)14-10-11-19(6)23-17(21-16)20(14,15)25-24-19/h1,12-17H,8-11H2,2-6H3/t12-,13-,14?,15?,16-,17?,19+,20-/m1/s1. The summed E-state index contributed by atoms with van der Waals surface area (Å²) in [6, 6.07) is 0. The van der Waals surface area contributed by atoms with Crippen LogP contribution in [0, 0.1) is 36.0 Å². The Kier molecular flexibility index (Phi) is 4.03. The molecule has 0 aromatic carbocycles. The Morgan fingerprint density at radius 1 is 1.12 bits per heavy atom. The molecule has 5 fully saturated rings. The van der Waals surface area contributed by atoms with E-state index in [4.69, 9.17) is 30.4 Å². The summed E-state index contributed by atoms with van der Waals surface area (Å²) in [5.41, 5.74) is -1.23. The minimum atomic E-state index is -0.760. The highest BCUT2D eigenvalue weighted by atomic mass is 17.3. The fourth-order valence-electron chi connectivity index (χ4n) is 5.33. The van der Waals surface area contributed by atoms with Gasteiger partial charge in [-0.25, -0.2) is 9.78 Å². The van der Waals surface area contributed by atoms with Gasteiger partial charge in [-0.1, -0.05) is 19.8 Å². The predicted molar refractivity (Wildman–Crippen MR) is 90.8 cm³/mol. The number of hydrogen-bond acceptors (Lipinski definition) is 5. The van der Waals surface area contributed by atoms with E-state index in [2.05, 4.69) is 19.8 Å². The van der Waals surface area contributed by atoms with Gasteiger partial charge in [0.15, 0.2) is 18.2 Å². The lowest BCUT2D eigenvalue weighted by Crippen LogP contribution is -2.70. The number of rotatable bonds is 2. The summed E-state index contributed by atoms with van der Waals surface area (Å²) < 4.78 is 18.8. The van der Waals surface area contributed by atoms with Crippen molar-refractivity contribution in [1.29, 1.82) is 0 Å². The summed E-state index contributed by atoms with van der Waals surface area (Å²) in [7, 11) is 0. The summed E-state index contributed by atoms with van der Waals surface area (Å²) in [5, 5.41) is 0. The van der Waals surface area contributed by atoms with E-state index in [1.807, 2.05) is 20.8 Å².